The number of aromatic nitrogens is 6. The number of aryl methyl sites for hydroxylation is 3. The highest BCUT2D eigenvalue weighted by Crippen LogP contribution is 2.25. The lowest BCUT2D eigenvalue weighted by Crippen LogP contribution is -2.21. The lowest BCUT2D eigenvalue weighted by atomic mass is 10.2. The Morgan fingerprint density at radius 2 is 0.971 bits per heavy atom. The van der Waals surface area contributed by atoms with Crippen LogP contribution in [0.3, 0.4) is 0 Å². The van der Waals surface area contributed by atoms with Crippen molar-refractivity contribution < 1.29 is 56.7 Å². The van der Waals surface area contributed by atoms with Crippen molar-refractivity contribution in [3.63, 3.8) is 0 Å². The van der Waals surface area contributed by atoms with Crippen molar-refractivity contribution in [1.82, 2.24) is 29.9 Å². The Hall–Kier alpha value is -8.40. The summed E-state index contributed by atoms with van der Waals surface area (Å²) in [5.74, 6) is 0.749. The zero-order valence-electron chi connectivity index (χ0n) is 37.1. The third-order valence-electron chi connectivity index (χ3n) is 7.71. The number of anilines is 9. The summed E-state index contributed by atoms with van der Waals surface area (Å²) in [7, 11) is 1.43. The van der Waals surface area contributed by atoms with Crippen molar-refractivity contribution in [2.45, 2.75) is 46.8 Å². The van der Waals surface area contributed by atoms with Crippen molar-refractivity contribution in [3.8, 4) is 11.5 Å². The third kappa shape index (κ3) is 19.9. The molecule has 0 fully saturated rings. The van der Waals surface area contributed by atoms with E-state index in [-0.39, 0.29) is 41.0 Å². The van der Waals surface area contributed by atoms with E-state index in [2.05, 4.69) is 76.8 Å². The number of hydrogen-bond acceptors (Lipinski definition) is 17. The Morgan fingerprint density at radius 1 is 0.551 bits per heavy atom. The first-order chi connectivity index (χ1) is 32.6. The quantitative estimate of drug-likeness (QED) is 0.0357. The van der Waals surface area contributed by atoms with Crippen LogP contribution in [-0.2, 0) is 4.84 Å². The molecule has 28 heteroatoms. The number of ether oxygens (including phenoxy) is 2. The number of alkyl halides is 4. The Morgan fingerprint density at radius 3 is 1.42 bits per heavy atom. The summed E-state index contributed by atoms with van der Waals surface area (Å²) in [6, 6.07) is 18.8. The van der Waals surface area contributed by atoms with Crippen LogP contribution in [0.15, 0.2) is 91.1 Å². The van der Waals surface area contributed by atoms with Crippen LogP contribution in [0.2, 0.25) is 5.02 Å². The molecule has 366 valence electrons. The highest BCUT2D eigenvalue weighted by molar-refractivity contribution is 6.31. The molecule has 11 N–H and O–H groups in total. The monoisotopic (exact) mass is 985 g/mol. The van der Waals surface area contributed by atoms with Crippen molar-refractivity contribution in [2.24, 2.45) is 0 Å². The smallest absolute Gasteiger partial charge is 0.394 e. The molecule has 0 unspecified atom stereocenters. The maximum Gasteiger partial charge on any atom is 0.394 e. The SMILES string of the molecule is CONc1cc(C)nc(NC(=O)Nc2ccc(OC(C)(F)F)cc2)n1.Cc1cc(NC(=O)Nc2nccc(NO)n2)ccc1Cl.Cc1cc(NO)nc(NC(=O)Nc2ccc(OC(C)(F)F)cc2)n1. The summed E-state index contributed by atoms with van der Waals surface area (Å²) in [5, 5.41) is 33.1. The molecule has 23 nitrogen and oxygen atoms in total. The van der Waals surface area contributed by atoms with Gasteiger partial charge in [-0.1, -0.05) is 11.6 Å². The standard InChI is InChI=1S/C15H17F2N5O3.C14H15F2N5O3.C12H12ClN5O2/c1-9-8-12(22-24-3)20-13(18-9)21-14(23)19-10-4-6-11(7-5-10)25-15(2,16)17;1-8-7-11(21-23)19-12(17-8)20-13(22)18-9-3-5-10(6-4-9)24-14(2,15)16;1-7-6-8(2-3-9(7)13)15-12(19)17-11-14-5-4-10(16-11)18-20/h4-8H,1-3H3,(H3,18,19,20,21,22,23);3-7,23H,1-2H3,(H3,17,18,19,20,21,22);2-6,20H,1H3,(H3,14,15,16,17,18,19). The number of nitrogens with one attached hydrogen (secondary N) is 9. The van der Waals surface area contributed by atoms with Gasteiger partial charge in [0.1, 0.15) is 11.5 Å². The Kier molecular flexibility index (Phi) is 19.2. The maximum atomic E-state index is 12.8. The van der Waals surface area contributed by atoms with E-state index in [0.29, 0.717) is 53.1 Å². The molecular formula is C41H44ClF4N15O8. The molecule has 3 heterocycles. The van der Waals surface area contributed by atoms with Crippen LogP contribution >= 0.6 is 11.6 Å². The molecule has 6 rings (SSSR count). The summed E-state index contributed by atoms with van der Waals surface area (Å²) in [6.45, 7) is 6.50. The van der Waals surface area contributed by atoms with Crippen LogP contribution in [0.1, 0.15) is 30.8 Å². The van der Waals surface area contributed by atoms with Crippen LogP contribution in [0.4, 0.5) is 84.3 Å². The molecular weight excluding hydrogens is 942 g/mol. The predicted octanol–water partition coefficient (Wildman–Crippen LogP) is 9.50. The van der Waals surface area contributed by atoms with E-state index in [1.165, 1.54) is 74.0 Å². The molecule has 69 heavy (non-hydrogen) atoms. The summed E-state index contributed by atoms with van der Waals surface area (Å²) < 4.78 is 59.7. The van der Waals surface area contributed by atoms with Gasteiger partial charge in [-0.2, -0.15) is 32.5 Å². The number of carbonyl (C=O) groups is 3. The van der Waals surface area contributed by atoms with Crippen LogP contribution in [0.5, 0.6) is 11.5 Å². The number of urea groups is 3. The predicted molar refractivity (Wildman–Crippen MR) is 247 cm³/mol. The lowest BCUT2D eigenvalue weighted by Gasteiger charge is -2.13. The van der Waals surface area contributed by atoms with E-state index >= 15 is 0 Å². The second-order valence-corrected chi connectivity index (χ2v) is 14.2. The molecule has 0 aliphatic heterocycles. The van der Waals surface area contributed by atoms with Crippen LogP contribution < -0.4 is 57.8 Å². The normalized spacial score (nSPS) is 10.6. The molecule has 6 aromatic rings. The first-order valence-electron chi connectivity index (χ1n) is 19.6. The van der Waals surface area contributed by atoms with Gasteiger partial charge in [-0.25, -0.2) is 34.8 Å². The van der Waals surface area contributed by atoms with Gasteiger partial charge in [0, 0.05) is 71.7 Å². The van der Waals surface area contributed by atoms with Crippen molar-refractivity contribution in [2.75, 3.05) is 55.5 Å². The first kappa shape index (κ1) is 53.2. The molecule has 0 bridgehead atoms. The molecule has 0 atom stereocenters. The van der Waals surface area contributed by atoms with E-state index in [9.17, 15) is 31.9 Å². The van der Waals surface area contributed by atoms with E-state index in [1.54, 1.807) is 38.1 Å². The van der Waals surface area contributed by atoms with Gasteiger partial charge in [-0.15, -0.1) is 0 Å². The molecule has 0 saturated carbocycles. The van der Waals surface area contributed by atoms with Crippen LogP contribution in [0.25, 0.3) is 0 Å². The zero-order chi connectivity index (χ0) is 50.7. The summed E-state index contributed by atoms with van der Waals surface area (Å²) in [4.78, 5) is 64.0. The topological polar surface area (TPSA) is 305 Å². The Labute approximate surface area is 394 Å². The highest BCUT2D eigenvalue weighted by Gasteiger charge is 2.24. The minimum absolute atomic E-state index is 0.0178. The molecule has 3 aromatic heterocycles. The number of hydrogen-bond donors (Lipinski definition) is 11. The van der Waals surface area contributed by atoms with Gasteiger partial charge >= 0.3 is 30.3 Å². The van der Waals surface area contributed by atoms with Gasteiger partial charge in [0.25, 0.3) is 0 Å². The lowest BCUT2D eigenvalue weighted by molar-refractivity contribution is -0.159. The van der Waals surface area contributed by atoms with Crippen molar-refractivity contribution in [1.29, 1.82) is 0 Å². The zero-order valence-corrected chi connectivity index (χ0v) is 37.8. The van der Waals surface area contributed by atoms with Gasteiger partial charge in [-0.3, -0.25) is 42.2 Å². The number of carbonyl (C=O) groups excluding carboxylic acids is 3. The number of amides is 6. The van der Waals surface area contributed by atoms with Gasteiger partial charge < -0.3 is 25.4 Å². The van der Waals surface area contributed by atoms with Gasteiger partial charge in [-0.05, 0) is 93.1 Å². The van der Waals surface area contributed by atoms with Gasteiger partial charge in [0.15, 0.2) is 17.5 Å². The van der Waals surface area contributed by atoms with E-state index in [0.717, 1.165) is 5.56 Å². The second-order valence-electron chi connectivity index (χ2n) is 13.8. The van der Waals surface area contributed by atoms with Crippen LogP contribution in [-0.4, -0.2) is 77.7 Å². The molecule has 0 aliphatic carbocycles. The average Bonchev–Trinajstić information content (AvgIpc) is 3.25. The molecule has 6 amide bonds. The fourth-order valence-electron chi connectivity index (χ4n) is 5.08. The largest absolute Gasteiger partial charge is 0.433 e. The molecule has 3 aromatic carbocycles. The number of benzene rings is 3. The second kappa shape index (κ2) is 24.9. The molecule has 0 saturated heterocycles. The van der Waals surface area contributed by atoms with Crippen molar-refractivity contribution in [3.05, 3.63) is 113 Å². The van der Waals surface area contributed by atoms with E-state index in [4.69, 9.17) is 26.9 Å². The van der Waals surface area contributed by atoms with Gasteiger partial charge in [0.05, 0.1) is 7.11 Å². The minimum atomic E-state index is -3.28. The highest BCUT2D eigenvalue weighted by atomic mass is 35.5. The minimum Gasteiger partial charge on any atom is -0.433 e. The van der Waals surface area contributed by atoms with Crippen molar-refractivity contribution >= 4 is 82.1 Å². The molecule has 0 spiro atoms. The third-order valence-corrected chi connectivity index (χ3v) is 8.13. The number of rotatable bonds is 14. The average molecular weight is 986 g/mol. The van der Waals surface area contributed by atoms with E-state index in [1.807, 2.05) is 17.9 Å². The summed E-state index contributed by atoms with van der Waals surface area (Å²) >= 11 is 5.90. The molecule has 0 aliphatic rings. The maximum absolute atomic E-state index is 12.8. The molecule has 0 radical (unpaired) electrons. The summed E-state index contributed by atoms with van der Waals surface area (Å²) in [5.41, 5.74) is 9.59. The fourth-order valence-corrected chi connectivity index (χ4v) is 5.20. The Bertz CT molecular complexity index is 2670. The fraction of sp³-hybridized carbons (Fsp3) is 0.195. The van der Waals surface area contributed by atoms with Gasteiger partial charge in [0.2, 0.25) is 17.8 Å². The van der Waals surface area contributed by atoms with Crippen LogP contribution in [0, 0.1) is 20.8 Å². The summed E-state index contributed by atoms with van der Waals surface area (Å²) in [6.07, 6.45) is -5.16. The first-order valence-corrected chi connectivity index (χ1v) is 19.9. The number of halogens is 5. The Balaban J connectivity index is 0.000000227. The van der Waals surface area contributed by atoms with E-state index < -0.39 is 30.3 Å². The number of nitrogens with zero attached hydrogens (tertiary/aromatic N) is 6.